The van der Waals surface area contributed by atoms with Crippen LogP contribution in [0.25, 0.3) is 0 Å². The molecule has 1 aromatic rings. The maximum absolute atomic E-state index is 11.7. The molecule has 1 unspecified atom stereocenters. The predicted octanol–water partition coefficient (Wildman–Crippen LogP) is 2.28. The number of carbonyl (C=O) groups is 1. The molecule has 2 rings (SSSR count). The minimum absolute atomic E-state index is 0.0117. The normalized spacial score (nSPS) is 20.5. The third kappa shape index (κ3) is 3.03. The van der Waals surface area contributed by atoms with Gasteiger partial charge in [0.25, 0.3) is 5.91 Å². The second-order valence-corrected chi connectivity index (χ2v) is 6.01. The summed E-state index contributed by atoms with van der Waals surface area (Å²) in [6, 6.07) is 3.72. The molecule has 0 aromatic carbocycles. The zero-order valence-corrected chi connectivity index (χ0v) is 10.6. The molecule has 0 saturated carbocycles. The summed E-state index contributed by atoms with van der Waals surface area (Å²) >= 11 is 4.79. The van der Waals surface area contributed by atoms with Gasteiger partial charge in [0.15, 0.2) is 0 Å². The standard InChI is InChI=1S/C10H12BrNO2S/c11-9-2-1-8(15-9)10(13)12-5-7-3-4-14-6-7/h1-2,7H,3-6H2,(H,12,13). The van der Waals surface area contributed by atoms with Crippen molar-refractivity contribution in [2.24, 2.45) is 5.92 Å². The SMILES string of the molecule is O=C(NCC1CCOC1)c1ccc(Br)s1. The second kappa shape index (κ2) is 5.09. The van der Waals surface area contributed by atoms with E-state index in [0.717, 1.165) is 28.3 Å². The molecule has 1 atom stereocenters. The number of amides is 1. The Bertz CT molecular complexity index is 347. The largest absolute Gasteiger partial charge is 0.381 e. The van der Waals surface area contributed by atoms with Crippen molar-refractivity contribution in [1.82, 2.24) is 5.32 Å². The molecule has 1 aliphatic rings. The van der Waals surface area contributed by atoms with Gasteiger partial charge in [-0.3, -0.25) is 4.79 Å². The Morgan fingerprint density at radius 3 is 3.13 bits per heavy atom. The van der Waals surface area contributed by atoms with Gasteiger partial charge in [0.05, 0.1) is 15.3 Å². The number of thiophene rings is 1. The number of halogens is 1. The van der Waals surface area contributed by atoms with E-state index < -0.39 is 0 Å². The van der Waals surface area contributed by atoms with E-state index in [4.69, 9.17) is 4.74 Å². The van der Waals surface area contributed by atoms with E-state index in [1.54, 1.807) is 0 Å². The first-order valence-electron chi connectivity index (χ1n) is 4.87. The van der Waals surface area contributed by atoms with Crippen LogP contribution in [0.4, 0.5) is 0 Å². The fourth-order valence-electron chi connectivity index (χ4n) is 1.50. The average Bonchev–Trinajstić information content (AvgIpc) is 2.84. The summed E-state index contributed by atoms with van der Waals surface area (Å²) in [5.41, 5.74) is 0. The second-order valence-electron chi connectivity index (χ2n) is 3.54. The van der Waals surface area contributed by atoms with Gasteiger partial charge in [0.1, 0.15) is 0 Å². The molecule has 1 aromatic heterocycles. The number of hydrogen-bond donors (Lipinski definition) is 1. The third-order valence-electron chi connectivity index (χ3n) is 2.37. The minimum atomic E-state index is 0.0117. The van der Waals surface area contributed by atoms with Crippen LogP contribution in [0.15, 0.2) is 15.9 Å². The highest BCUT2D eigenvalue weighted by Gasteiger charge is 2.17. The lowest BCUT2D eigenvalue weighted by Gasteiger charge is -2.07. The minimum Gasteiger partial charge on any atom is -0.381 e. The van der Waals surface area contributed by atoms with Gasteiger partial charge < -0.3 is 10.1 Å². The van der Waals surface area contributed by atoms with Crippen LogP contribution in [0.1, 0.15) is 16.1 Å². The van der Waals surface area contributed by atoms with E-state index in [-0.39, 0.29) is 5.91 Å². The highest BCUT2D eigenvalue weighted by Crippen LogP contribution is 2.22. The van der Waals surface area contributed by atoms with Crippen molar-refractivity contribution in [2.75, 3.05) is 19.8 Å². The van der Waals surface area contributed by atoms with E-state index in [1.165, 1.54) is 11.3 Å². The zero-order chi connectivity index (χ0) is 10.7. The summed E-state index contributed by atoms with van der Waals surface area (Å²) in [7, 11) is 0. The molecular formula is C10H12BrNO2S. The fraction of sp³-hybridized carbons (Fsp3) is 0.500. The van der Waals surface area contributed by atoms with Gasteiger partial charge in [0.2, 0.25) is 0 Å². The molecule has 15 heavy (non-hydrogen) atoms. The van der Waals surface area contributed by atoms with Gasteiger partial charge in [-0.15, -0.1) is 11.3 Å². The maximum Gasteiger partial charge on any atom is 0.261 e. The topological polar surface area (TPSA) is 38.3 Å². The average molecular weight is 290 g/mol. The van der Waals surface area contributed by atoms with Crippen molar-refractivity contribution in [2.45, 2.75) is 6.42 Å². The smallest absolute Gasteiger partial charge is 0.261 e. The van der Waals surface area contributed by atoms with Crippen molar-refractivity contribution in [3.8, 4) is 0 Å². The summed E-state index contributed by atoms with van der Waals surface area (Å²) in [5.74, 6) is 0.495. The van der Waals surface area contributed by atoms with E-state index in [9.17, 15) is 4.79 Å². The number of nitrogens with one attached hydrogen (secondary N) is 1. The summed E-state index contributed by atoms with van der Waals surface area (Å²) in [4.78, 5) is 12.4. The molecule has 0 radical (unpaired) electrons. The van der Waals surface area contributed by atoms with Gasteiger partial charge in [0, 0.05) is 19.1 Å². The lowest BCUT2D eigenvalue weighted by atomic mass is 10.1. The van der Waals surface area contributed by atoms with Gasteiger partial charge in [-0.05, 0) is 34.5 Å². The quantitative estimate of drug-likeness (QED) is 0.927. The first kappa shape index (κ1) is 11.1. The van der Waals surface area contributed by atoms with E-state index in [1.807, 2.05) is 12.1 Å². The van der Waals surface area contributed by atoms with Crippen molar-refractivity contribution < 1.29 is 9.53 Å². The Labute approximate surface area is 101 Å². The van der Waals surface area contributed by atoms with Crippen molar-refractivity contribution in [3.05, 3.63) is 20.8 Å². The van der Waals surface area contributed by atoms with Crippen LogP contribution in [0, 0.1) is 5.92 Å². The summed E-state index contributed by atoms with van der Waals surface area (Å²) in [6.45, 7) is 2.31. The molecule has 1 aliphatic heterocycles. The molecule has 0 bridgehead atoms. The van der Waals surface area contributed by atoms with Crippen molar-refractivity contribution in [3.63, 3.8) is 0 Å². The molecule has 1 N–H and O–H groups in total. The van der Waals surface area contributed by atoms with Crippen LogP contribution < -0.4 is 5.32 Å². The van der Waals surface area contributed by atoms with Crippen LogP contribution in [0.2, 0.25) is 0 Å². The molecular weight excluding hydrogens is 278 g/mol. The van der Waals surface area contributed by atoms with Crippen LogP contribution in [0.3, 0.4) is 0 Å². The van der Waals surface area contributed by atoms with Crippen molar-refractivity contribution in [1.29, 1.82) is 0 Å². The summed E-state index contributed by atoms with van der Waals surface area (Å²) in [5, 5.41) is 2.92. The lowest BCUT2D eigenvalue weighted by Crippen LogP contribution is -2.28. The Morgan fingerprint density at radius 2 is 2.53 bits per heavy atom. The monoisotopic (exact) mass is 289 g/mol. The van der Waals surface area contributed by atoms with Crippen LogP contribution in [-0.2, 0) is 4.74 Å². The first-order valence-corrected chi connectivity index (χ1v) is 6.48. The van der Waals surface area contributed by atoms with Crippen LogP contribution >= 0.6 is 27.3 Å². The van der Waals surface area contributed by atoms with Gasteiger partial charge in [-0.25, -0.2) is 0 Å². The highest BCUT2D eigenvalue weighted by atomic mass is 79.9. The fourth-order valence-corrected chi connectivity index (χ4v) is 2.81. The maximum atomic E-state index is 11.7. The molecule has 1 saturated heterocycles. The van der Waals surface area contributed by atoms with Gasteiger partial charge in [-0.2, -0.15) is 0 Å². The Balaban J connectivity index is 1.81. The molecule has 0 aliphatic carbocycles. The third-order valence-corrected chi connectivity index (χ3v) is 3.99. The molecule has 82 valence electrons. The molecule has 1 amide bonds. The number of hydrogen-bond acceptors (Lipinski definition) is 3. The number of rotatable bonds is 3. The van der Waals surface area contributed by atoms with Gasteiger partial charge >= 0.3 is 0 Å². The molecule has 3 nitrogen and oxygen atoms in total. The van der Waals surface area contributed by atoms with Crippen LogP contribution in [-0.4, -0.2) is 25.7 Å². The molecule has 1 fully saturated rings. The van der Waals surface area contributed by atoms with E-state index in [2.05, 4.69) is 21.2 Å². The summed E-state index contributed by atoms with van der Waals surface area (Å²) in [6.07, 6.45) is 1.05. The molecule has 5 heteroatoms. The molecule has 0 spiro atoms. The Hall–Kier alpha value is -0.390. The first-order chi connectivity index (χ1) is 7.25. The lowest BCUT2D eigenvalue weighted by molar-refractivity contribution is 0.0949. The molecule has 2 heterocycles. The number of carbonyl (C=O) groups excluding carboxylic acids is 1. The Morgan fingerprint density at radius 1 is 1.67 bits per heavy atom. The Kier molecular flexibility index (Phi) is 3.77. The summed E-state index contributed by atoms with van der Waals surface area (Å²) < 4.78 is 6.23. The predicted molar refractivity (Wildman–Crippen MR) is 63.3 cm³/mol. The highest BCUT2D eigenvalue weighted by molar-refractivity contribution is 9.11. The van der Waals surface area contributed by atoms with Gasteiger partial charge in [-0.1, -0.05) is 0 Å². The van der Waals surface area contributed by atoms with Crippen molar-refractivity contribution >= 4 is 33.2 Å². The van der Waals surface area contributed by atoms with E-state index >= 15 is 0 Å². The number of ether oxygens (including phenoxy) is 1. The zero-order valence-electron chi connectivity index (χ0n) is 8.16. The van der Waals surface area contributed by atoms with Crippen LogP contribution in [0.5, 0.6) is 0 Å². The van der Waals surface area contributed by atoms with E-state index in [0.29, 0.717) is 12.5 Å².